The molecule has 0 bridgehead atoms. The largest absolute Gasteiger partial charge is 0.493 e. The molecular formula is C18H17N3O2. The molecular weight excluding hydrogens is 290 g/mol. The molecule has 0 radical (unpaired) electrons. The third-order valence-corrected chi connectivity index (χ3v) is 3.69. The second kappa shape index (κ2) is 6.44. The lowest BCUT2D eigenvalue weighted by molar-refractivity contribution is -0.117. The summed E-state index contributed by atoms with van der Waals surface area (Å²) in [6, 6.07) is 16.9. The smallest absolute Gasteiger partial charge is 0.269 e. The summed E-state index contributed by atoms with van der Waals surface area (Å²) in [6.07, 6.45) is 0.192. The molecule has 1 N–H and O–H groups in total. The molecule has 5 heteroatoms. The van der Waals surface area contributed by atoms with Gasteiger partial charge in [-0.1, -0.05) is 48.5 Å². The van der Waals surface area contributed by atoms with Gasteiger partial charge >= 0.3 is 0 Å². The van der Waals surface area contributed by atoms with E-state index in [0.717, 1.165) is 16.5 Å². The number of amides is 1. The van der Waals surface area contributed by atoms with E-state index < -0.39 is 0 Å². The molecule has 0 fully saturated rings. The number of para-hydroxylation sites is 1. The summed E-state index contributed by atoms with van der Waals surface area (Å²) >= 11 is 0. The van der Waals surface area contributed by atoms with Crippen molar-refractivity contribution in [3.8, 4) is 5.88 Å². The van der Waals surface area contributed by atoms with E-state index in [-0.39, 0.29) is 18.2 Å². The van der Waals surface area contributed by atoms with Gasteiger partial charge in [0, 0.05) is 11.9 Å². The minimum atomic E-state index is -0.344. The summed E-state index contributed by atoms with van der Waals surface area (Å²) in [7, 11) is 0. The van der Waals surface area contributed by atoms with E-state index in [1.165, 1.54) is 0 Å². The molecule has 0 atom stereocenters. The summed E-state index contributed by atoms with van der Waals surface area (Å²) in [4.78, 5) is 12.0. The monoisotopic (exact) mass is 307 g/mol. The summed E-state index contributed by atoms with van der Waals surface area (Å²) in [5.74, 6) is -0.311. The number of hydrogen-bond donors (Lipinski definition) is 1. The fraction of sp³-hybridized carbons (Fsp3) is 0.167. The van der Waals surface area contributed by atoms with Gasteiger partial charge in [0.2, 0.25) is 5.88 Å². The van der Waals surface area contributed by atoms with E-state index in [9.17, 15) is 9.90 Å². The van der Waals surface area contributed by atoms with Crippen molar-refractivity contribution >= 4 is 22.5 Å². The minimum Gasteiger partial charge on any atom is -0.493 e. The number of aryl methyl sites for hydroxylation is 1. The highest BCUT2D eigenvalue weighted by molar-refractivity contribution is 5.95. The fourth-order valence-electron chi connectivity index (χ4n) is 2.60. The van der Waals surface area contributed by atoms with E-state index >= 15 is 0 Å². The zero-order chi connectivity index (χ0) is 16.2. The van der Waals surface area contributed by atoms with Gasteiger partial charge in [0.15, 0.2) is 5.69 Å². The molecule has 3 aromatic rings. The molecule has 0 aliphatic heterocycles. The third kappa shape index (κ3) is 2.99. The first-order valence-corrected chi connectivity index (χ1v) is 7.49. The maximum atomic E-state index is 12.0. The predicted octanol–water partition coefficient (Wildman–Crippen LogP) is 4.22. The quantitative estimate of drug-likeness (QED) is 0.733. The highest BCUT2D eigenvalue weighted by Gasteiger charge is 2.15. The number of aromatic hydroxyl groups is 1. The van der Waals surface area contributed by atoms with Gasteiger partial charge in [-0.25, -0.2) is 0 Å². The van der Waals surface area contributed by atoms with Gasteiger partial charge in [-0.2, -0.15) is 0 Å². The van der Waals surface area contributed by atoms with Crippen LogP contribution in [-0.4, -0.2) is 15.6 Å². The van der Waals surface area contributed by atoms with E-state index in [0.29, 0.717) is 12.2 Å². The third-order valence-electron chi connectivity index (χ3n) is 3.69. The lowest BCUT2D eigenvalue weighted by Crippen LogP contribution is -1.97. The molecule has 0 aliphatic carbocycles. The molecule has 3 rings (SSSR count). The van der Waals surface area contributed by atoms with Gasteiger partial charge in [-0.3, -0.25) is 4.79 Å². The van der Waals surface area contributed by atoms with Crippen LogP contribution in [0.4, 0.5) is 5.69 Å². The second-order valence-electron chi connectivity index (χ2n) is 5.19. The average Bonchev–Trinajstić information content (AvgIpc) is 2.85. The molecule has 116 valence electrons. The summed E-state index contributed by atoms with van der Waals surface area (Å²) in [6.45, 7) is 2.55. The van der Waals surface area contributed by atoms with Crippen LogP contribution in [0.5, 0.6) is 5.88 Å². The Morgan fingerprint density at radius 2 is 1.78 bits per heavy atom. The highest BCUT2D eigenvalue weighted by Crippen LogP contribution is 2.38. The second-order valence-corrected chi connectivity index (χ2v) is 5.19. The summed E-state index contributed by atoms with van der Waals surface area (Å²) in [5, 5.41) is 18.9. The first-order valence-electron chi connectivity index (χ1n) is 7.49. The van der Waals surface area contributed by atoms with E-state index in [4.69, 9.17) is 0 Å². The fourth-order valence-corrected chi connectivity index (χ4v) is 2.60. The zero-order valence-corrected chi connectivity index (χ0v) is 12.8. The molecule has 23 heavy (non-hydrogen) atoms. The molecule has 1 heterocycles. The Bertz CT molecular complexity index is 867. The van der Waals surface area contributed by atoms with Gasteiger partial charge < -0.3 is 9.67 Å². The van der Waals surface area contributed by atoms with Crippen molar-refractivity contribution in [3.05, 3.63) is 60.2 Å². The first-order chi connectivity index (χ1) is 11.2. The average molecular weight is 307 g/mol. The molecule has 0 spiro atoms. The number of nitrogens with zero attached hydrogens (tertiary/aromatic N) is 3. The highest BCUT2D eigenvalue weighted by atomic mass is 16.3. The number of carbonyl (C=O) groups excluding carboxylic acids is 1. The van der Waals surface area contributed by atoms with Crippen molar-refractivity contribution < 1.29 is 9.90 Å². The first kappa shape index (κ1) is 15.0. The SMILES string of the molecule is CCn1c(O)c(N=NC(=O)Cc2ccccc2)c2ccccc21. The van der Waals surface area contributed by atoms with Crippen molar-refractivity contribution in [3.63, 3.8) is 0 Å². The number of benzene rings is 2. The van der Waals surface area contributed by atoms with Crippen LogP contribution in [0.1, 0.15) is 12.5 Å². The lowest BCUT2D eigenvalue weighted by Gasteiger charge is -2.00. The molecule has 1 amide bonds. The predicted molar refractivity (Wildman–Crippen MR) is 88.9 cm³/mol. The topological polar surface area (TPSA) is 66.9 Å². The van der Waals surface area contributed by atoms with E-state index in [1.54, 1.807) is 4.57 Å². The Morgan fingerprint density at radius 1 is 1.09 bits per heavy atom. The summed E-state index contributed by atoms with van der Waals surface area (Å²) in [5.41, 5.74) is 2.09. The molecule has 0 saturated carbocycles. The molecule has 0 unspecified atom stereocenters. The molecule has 1 aromatic heterocycles. The number of aromatic nitrogens is 1. The van der Waals surface area contributed by atoms with Crippen molar-refractivity contribution in [2.45, 2.75) is 19.9 Å². The maximum Gasteiger partial charge on any atom is 0.269 e. The van der Waals surface area contributed by atoms with Gasteiger partial charge in [0.1, 0.15) is 0 Å². The summed E-state index contributed by atoms with van der Waals surface area (Å²) < 4.78 is 1.74. The number of hydrogen-bond acceptors (Lipinski definition) is 3. The lowest BCUT2D eigenvalue weighted by atomic mass is 10.1. The molecule has 0 saturated heterocycles. The van der Waals surface area contributed by atoms with Crippen LogP contribution in [0.3, 0.4) is 0 Å². The van der Waals surface area contributed by atoms with Crippen LogP contribution in [0.2, 0.25) is 0 Å². The van der Waals surface area contributed by atoms with Gasteiger partial charge in [0.25, 0.3) is 5.91 Å². The number of rotatable bonds is 4. The van der Waals surface area contributed by atoms with Gasteiger partial charge in [-0.05, 0) is 18.6 Å². The Labute approximate surface area is 133 Å². The maximum absolute atomic E-state index is 12.0. The van der Waals surface area contributed by atoms with Crippen LogP contribution >= 0.6 is 0 Å². The number of azo groups is 1. The Hall–Kier alpha value is -2.95. The molecule has 2 aromatic carbocycles. The van der Waals surface area contributed by atoms with Gasteiger partial charge in [-0.15, -0.1) is 10.2 Å². The van der Waals surface area contributed by atoms with E-state index in [2.05, 4.69) is 10.2 Å². The minimum absolute atomic E-state index is 0.0324. The van der Waals surface area contributed by atoms with Crippen LogP contribution in [0.15, 0.2) is 64.8 Å². The molecule has 5 nitrogen and oxygen atoms in total. The number of carbonyl (C=O) groups is 1. The van der Waals surface area contributed by atoms with Crippen molar-refractivity contribution in [1.29, 1.82) is 0 Å². The van der Waals surface area contributed by atoms with Gasteiger partial charge in [0.05, 0.1) is 11.9 Å². The Morgan fingerprint density at radius 3 is 2.52 bits per heavy atom. The Kier molecular flexibility index (Phi) is 4.19. The van der Waals surface area contributed by atoms with Crippen molar-refractivity contribution in [2.75, 3.05) is 0 Å². The van der Waals surface area contributed by atoms with Crippen LogP contribution in [0.25, 0.3) is 10.9 Å². The van der Waals surface area contributed by atoms with Crippen LogP contribution in [-0.2, 0) is 17.8 Å². The Balaban J connectivity index is 1.89. The van der Waals surface area contributed by atoms with Crippen molar-refractivity contribution in [1.82, 2.24) is 4.57 Å². The normalized spacial score (nSPS) is 11.3. The molecule has 0 aliphatic rings. The zero-order valence-electron chi connectivity index (χ0n) is 12.8. The van der Waals surface area contributed by atoms with Crippen LogP contribution < -0.4 is 0 Å². The van der Waals surface area contributed by atoms with Crippen LogP contribution in [0, 0.1) is 0 Å². The standard InChI is InChI=1S/C18H17N3O2/c1-2-21-15-11-7-6-10-14(15)17(18(21)23)20-19-16(22)12-13-8-4-3-5-9-13/h3-11,23H,2,12H2,1H3. The number of fused-ring (bicyclic) bond motifs is 1. The van der Waals surface area contributed by atoms with E-state index in [1.807, 2.05) is 61.5 Å². The van der Waals surface area contributed by atoms with Crippen molar-refractivity contribution in [2.24, 2.45) is 10.2 Å².